The topological polar surface area (TPSA) is 68.4 Å². The molecule has 2 unspecified atom stereocenters. The maximum atomic E-state index is 10.4. The number of aliphatic hydroxyl groups excluding tert-OH is 1. The summed E-state index contributed by atoms with van der Waals surface area (Å²) in [6.45, 7) is 2.30. The van der Waals surface area contributed by atoms with Gasteiger partial charge in [-0.25, -0.2) is 4.98 Å². The van der Waals surface area contributed by atoms with E-state index < -0.39 is 6.10 Å². The minimum atomic E-state index is -0.621. The monoisotopic (exact) mass is 278 g/mol. The molecule has 19 heavy (non-hydrogen) atoms. The van der Waals surface area contributed by atoms with Crippen LogP contribution in [-0.4, -0.2) is 23.7 Å². The highest BCUT2D eigenvalue weighted by Gasteiger charge is 2.23. The minimum Gasteiger partial charge on any atom is -0.497 e. The van der Waals surface area contributed by atoms with Crippen LogP contribution in [0.4, 0.5) is 0 Å². The minimum absolute atomic E-state index is 0.134. The number of thiazole rings is 1. The van der Waals surface area contributed by atoms with Crippen LogP contribution in [0.1, 0.15) is 27.5 Å². The second-order valence-corrected chi connectivity index (χ2v) is 5.61. The summed E-state index contributed by atoms with van der Waals surface area (Å²) in [4.78, 5) is 5.02. The number of ether oxygens (including phenoxy) is 1. The fraction of sp³-hybridized carbons (Fsp3) is 0.357. The lowest BCUT2D eigenvalue weighted by Gasteiger charge is -2.20. The maximum absolute atomic E-state index is 10.4. The van der Waals surface area contributed by atoms with Crippen molar-refractivity contribution in [2.45, 2.75) is 18.9 Å². The number of nitrogens with zero attached hydrogens (tertiary/aromatic N) is 1. The normalized spacial score (nSPS) is 14.1. The molecule has 0 spiro atoms. The lowest BCUT2D eigenvalue weighted by Crippen LogP contribution is -2.19. The molecule has 1 aromatic heterocycles. The van der Waals surface area contributed by atoms with Crippen molar-refractivity contribution in [3.05, 3.63) is 45.9 Å². The summed E-state index contributed by atoms with van der Waals surface area (Å²) in [5.41, 5.74) is 6.82. The molecule has 0 aliphatic carbocycles. The number of aliphatic hydroxyl groups is 1. The first-order chi connectivity index (χ1) is 9.15. The van der Waals surface area contributed by atoms with Gasteiger partial charge in [0.15, 0.2) is 0 Å². The Morgan fingerprint density at radius 2 is 2.05 bits per heavy atom. The Labute approximate surface area is 116 Å². The first-order valence-corrected chi connectivity index (χ1v) is 6.91. The number of benzene rings is 1. The maximum Gasteiger partial charge on any atom is 0.118 e. The zero-order chi connectivity index (χ0) is 13.8. The zero-order valence-electron chi connectivity index (χ0n) is 11.0. The van der Waals surface area contributed by atoms with E-state index in [-0.39, 0.29) is 5.92 Å². The largest absolute Gasteiger partial charge is 0.497 e. The number of nitrogens with two attached hydrogens (primary N) is 1. The third-order valence-electron chi connectivity index (χ3n) is 3.11. The summed E-state index contributed by atoms with van der Waals surface area (Å²) in [7, 11) is 1.63. The summed E-state index contributed by atoms with van der Waals surface area (Å²) >= 11 is 1.50. The quantitative estimate of drug-likeness (QED) is 0.880. The van der Waals surface area contributed by atoms with Gasteiger partial charge in [-0.1, -0.05) is 12.1 Å². The van der Waals surface area contributed by atoms with E-state index in [2.05, 4.69) is 4.98 Å². The summed E-state index contributed by atoms with van der Waals surface area (Å²) in [5, 5.41) is 11.4. The van der Waals surface area contributed by atoms with E-state index in [0.29, 0.717) is 6.54 Å². The van der Waals surface area contributed by atoms with Crippen molar-refractivity contribution in [3.8, 4) is 5.75 Å². The Balaban J connectivity index is 2.23. The van der Waals surface area contributed by atoms with Gasteiger partial charge in [-0.05, 0) is 24.6 Å². The van der Waals surface area contributed by atoms with Crippen LogP contribution >= 0.6 is 11.3 Å². The molecule has 0 aliphatic rings. The first kappa shape index (κ1) is 14.0. The standard InChI is InChI=1S/C14H18N2O2S/c1-9-16-8-13(19-9)14(17)12(7-15)10-3-5-11(18-2)6-4-10/h3-6,8,12,14,17H,7,15H2,1-2H3. The number of hydrogen-bond donors (Lipinski definition) is 2. The van der Waals surface area contributed by atoms with E-state index in [1.807, 2.05) is 31.2 Å². The van der Waals surface area contributed by atoms with Gasteiger partial charge in [0.25, 0.3) is 0 Å². The fourth-order valence-corrected chi connectivity index (χ4v) is 2.85. The van der Waals surface area contributed by atoms with Crippen LogP contribution < -0.4 is 10.5 Å². The van der Waals surface area contributed by atoms with Crippen molar-refractivity contribution in [3.63, 3.8) is 0 Å². The molecule has 2 aromatic rings. The zero-order valence-corrected chi connectivity index (χ0v) is 11.9. The molecule has 0 fully saturated rings. The fourth-order valence-electron chi connectivity index (χ4n) is 2.01. The van der Waals surface area contributed by atoms with Crippen LogP contribution in [0.3, 0.4) is 0 Å². The van der Waals surface area contributed by atoms with Crippen molar-refractivity contribution >= 4 is 11.3 Å². The number of rotatable bonds is 5. The van der Waals surface area contributed by atoms with Gasteiger partial charge in [-0.3, -0.25) is 0 Å². The average molecular weight is 278 g/mol. The molecule has 0 bridgehead atoms. The average Bonchev–Trinajstić information content (AvgIpc) is 2.87. The lowest BCUT2D eigenvalue weighted by molar-refractivity contribution is 0.151. The molecular weight excluding hydrogens is 260 g/mol. The Morgan fingerprint density at radius 3 is 2.53 bits per heavy atom. The molecule has 0 aliphatic heterocycles. The van der Waals surface area contributed by atoms with E-state index in [9.17, 15) is 5.11 Å². The van der Waals surface area contributed by atoms with Crippen LogP contribution in [0.25, 0.3) is 0 Å². The highest BCUT2D eigenvalue weighted by atomic mass is 32.1. The van der Waals surface area contributed by atoms with Gasteiger partial charge in [-0.2, -0.15) is 0 Å². The molecule has 2 rings (SSSR count). The molecule has 5 heteroatoms. The van der Waals surface area contributed by atoms with Gasteiger partial charge in [-0.15, -0.1) is 11.3 Å². The highest BCUT2D eigenvalue weighted by Crippen LogP contribution is 2.33. The second kappa shape index (κ2) is 6.14. The molecule has 1 aromatic carbocycles. The summed E-state index contributed by atoms with van der Waals surface area (Å²) in [6.07, 6.45) is 1.10. The summed E-state index contributed by atoms with van der Waals surface area (Å²) in [5.74, 6) is 0.661. The Kier molecular flexibility index (Phi) is 4.52. The SMILES string of the molecule is COc1ccc(C(CN)C(O)c2cnc(C)s2)cc1. The molecular formula is C14H18N2O2S. The van der Waals surface area contributed by atoms with Crippen molar-refractivity contribution in [1.82, 2.24) is 4.98 Å². The molecule has 0 saturated heterocycles. The third kappa shape index (κ3) is 3.12. The molecule has 0 radical (unpaired) electrons. The number of aromatic nitrogens is 1. The van der Waals surface area contributed by atoms with E-state index >= 15 is 0 Å². The second-order valence-electron chi connectivity index (χ2n) is 4.34. The van der Waals surface area contributed by atoms with Gasteiger partial charge in [0.2, 0.25) is 0 Å². The van der Waals surface area contributed by atoms with Gasteiger partial charge >= 0.3 is 0 Å². The predicted molar refractivity (Wildman–Crippen MR) is 76.6 cm³/mol. The predicted octanol–water partition coefficient (Wildman–Crippen LogP) is 2.24. The lowest BCUT2D eigenvalue weighted by atomic mass is 9.93. The summed E-state index contributed by atoms with van der Waals surface area (Å²) in [6, 6.07) is 7.63. The molecule has 2 atom stereocenters. The van der Waals surface area contributed by atoms with Crippen molar-refractivity contribution < 1.29 is 9.84 Å². The van der Waals surface area contributed by atoms with Crippen LogP contribution in [0.2, 0.25) is 0 Å². The number of hydrogen-bond acceptors (Lipinski definition) is 5. The van der Waals surface area contributed by atoms with Crippen molar-refractivity contribution in [1.29, 1.82) is 0 Å². The number of methoxy groups -OCH3 is 1. The van der Waals surface area contributed by atoms with Gasteiger partial charge in [0, 0.05) is 18.7 Å². The van der Waals surface area contributed by atoms with Crippen LogP contribution in [0, 0.1) is 6.92 Å². The van der Waals surface area contributed by atoms with Crippen LogP contribution in [0.15, 0.2) is 30.5 Å². The van der Waals surface area contributed by atoms with E-state index in [1.165, 1.54) is 11.3 Å². The molecule has 0 amide bonds. The Bertz CT molecular complexity index is 524. The van der Waals surface area contributed by atoms with E-state index in [0.717, 1.165) is 21.2 Å². The Morgan fingerprint density at radius 1 is 1.37 bits per heavy atom. The Hall–Kier alpha value is -1.43. The molecule has 102 valence electrons. The van der Waals surface area contributed by atoms with Crippen LogP contribution in [0.5, 0.6) is 5.75 Å². The molecule has 0 saturated carbocycles. The van der Waals surface area contributed by atoms with E-state index in [4.69, 9.17) is 10.5 Å². The smallest absolute Gasteiger partial charge is 0.118 e. The first-order valence-electron chi connectivity index (χ1n) is 6.10. The van der Waals surface area contributed by atoms with Crippen LogP contribution in [-0.2, 0) is 0 Å². The molecule has 3 N–H and O–H groups in total. The van der Waals surface area contributed by atoms with Gasteiger partial charge < -0.3 is 15.6 Å². The van der Waals surface area contributed by atoms with Crippen molar-refractivity contribution in [2.75, 3.05) is 13.7 Å². The third-order valence-corrected chi connectivity index (χ3v) is 4.09. The highest BCUT2D eigenvalue weighted by molar-refractivity contribution is 7.11. The van der Waals surface area contributed by atoms with E-state index in [1.54, 1.807) is 13.3 Å². The molecule has 4 nitrogen and oxygen atoms in total. The molecule has 1 heterocycles. The van der Waals surface area contributed by atoms with Gasteiger partial charge in [0.1, 0.15) is 5.75 Å². The van der Waals surface area contributed by atoms with Crippen molar-refractivity contribution in [2.24, 2.45) is 5.73 Å². The number of aryl methyl sites for hydroxylation is 1. The van der Waals surface area contributed by atoms with Gasteiger partial charge in [0.05, 0.1) is 23.1 Å². The summed E-state index contributed by atoms with van der Waals surface area (Å²) < 4.78 is 5.13.